The molecule has 1 heteroatoms. The number of benzene rings is 1. The van der Waals surface area contributed by atoms with Crippen LogP contribution in [-0.2, 0) is 10.2 Å². The fraction of sp³-hybridized carbons (Fsp3) is 0.462. The summed E-state index contributed by atoms with van der Waals surface area (Å²) in [6, 6.07) is 10.5. The highest BCUT2D eigenvalue weighted by Gasteiger charge is 2.34. The lowest BCUT2D eigenvalue weighted by Gasteiger charge is -2.27. The van der Waals surface area contributed by atoms with Gasteiger partial charge in [-0.3, -0.25) is 0 Å². The van der Waals surface area contributed by atoms with Crippen molar-refractivity contribution in [1.29, 1.82) is 0 Å². The molecule has 0 bridgehead atoms. The van der Waals surface area contributed by atoms with Gasteiger partial charge in [0, 0.05) is 11.8 Å². The third-order valence-corrected chi connectivity index (χ3v) is 3.42. The molecule has 1 aromatic carbocycles. The number of hydrogen-bond acceptors (Lipinski definition) is 1. The van der Waals surface area contributed by atoms with Crippen LogP contribution in [0.15, 0.2) is 30.3 Å². The fourth-order valence-corrected chi connectivity index (χ4v) is 2.61. The summed E-state index contributed by atoms with van der Waals surface area (Å²) in [5, 5.41) is 0. The van der Waals surface area contributed by atoms with Crippen molar-refractivity contribution in [2.75, 3.05) is 0 Å². The van der Waals surface area contributed by atoms with Crippen molar-refractivity contribution < 1.29 is 4.79 Å². The second-order valence-corrected chi connectivity index (χ2v) is 4.22. The van der Waals surface area contributed by atoms with Crippen LogP contribution in [0.2, 0.25) is 0 Å². The first-order valence-corrected chi connectivity index (χ1v) is 5.37. The third kappa shape index (κ3) is 1.59. The van der Waals surface area contributed by atoms with Gasteiger partial charge in [0.25, 0.3) is 0 Å². The number of hydrogen-bond donors (Lipinski definition) is 0. The van der Waals surface area contributed by atoms with E-state index in [1.165, 1.54) is 31.2 Å². The lowest BCUT2D eigenvalue weighted by Crippen LogP contribution is -2.22. The van der Waals surface area contributed by atoms with Crippen LogP contribution in [0, 0.1) is 0 Å². The maximum absolute atomic E-state index is 10.7. The first-order valence-electron chi connectivity index (χ1n) is 5.37. The Balaban J connectivity index is 2.31. The predicted molar refractivity (Wildman–Crippen MR) is 57.3 cm³/mol. The molecule has 0 amide bonds. The van der Waals surface area contributed by atoms with E-state index in [-0.39, 0.29) is 5.41 Å². The number of aldehydes is 1. The Kier molecular flexibility index (Phi) is 2.67. The second-order valence-electron chi connectivity index (χ2n) is 4.22. The van der Waals surface area contributed by atoms with Crippen LogP contribution in [0.5, 0.6) is 0 Å². The molecule has 1 aliphatic carbocycles. The molecule has 0 spiro atoms. The first-order chi connectivity index (χ1) is 6.87. The molecule has 1 aromatic rings. The van der Waals surface area contributed by atoms with E-state index in [4.69, 9.17) is 0 Å². The van der Waals surface area contributed by atoms with Crippen LogP contribution < -0.4 is 0 Å². The maximum atomic E-state index is 10.7. The van der Waals surface area contributed by atoms with Crippen molar-refractivity contribution in [2.45, 2.75) is 37.5 Å². The van der Waals surface area contributed by atoms with Gasteiger partial charge in [0.2, 0.25) is 0 Å². The summed E-state index contributed by atoms with van der Waals surface area (Å²) < 4.78 is 0. The normalized spacial score (nSPS) is 19.4. The van der Waals surface area contributed by atoms with Gasteiger partial charge in [-0.2, -0.15) is 0 Å². The molecule has 0 N–H and O–H groups in total. The van der Waals surface area contributed by atoms with Crippen molar-refractivity contribution in [3.8, 4) is 0 Å². The van der Waals surface area contributed by atoms with Crippen LogP contribution in [-0.4, -0.2) is 6.29 Å². The van der Waals surface area contributed by atoms with Gasteiger partial charge >= 0.3 is 0 Å². The van der Waals surface area contributed by atoms with Crippen molar-refractivity contribution in [3.63, 3.8) is 0 Å². The second kappa shape index (κ2) is 3.95. The van der Waals surface area contributed by atoms with Gasteiger partial charge in [-0.05, 0) is 18.4 Å². The Morgan fingerprint density at radius 3 is 2.36 bits per heavy atom. The van der Waals surface area contributed by atoms with E-state index in [0.717, 1.165) is 6.29 Å². The monoisotopic (exact) mass is 188 g/mol. The highest BCUT2D eigenvalue weighted by Crippen LogP contribution is 2.42. The lowest BCUT2D eigenvalue weighted by atomic mass is 9.77. The fourth-order valence-electron chi connectivity index (χ4n) is 2.61. The minimum Gasteiger partial charge on any atom is -0.303 e. The number of carbonyl (C=O) groups is 1. The summed E-state index contributed by atoms with van der Waals surface area (Å²) >= 11 is 0. The molecule has 2 rings (SSSR count). The van der Waals surface area contributed by atoms with Crippen LogP contribution in [0.25, 0.3) is 0 Å². The summed E-state index contributed by atoms with van der Waals surface area (Å²) in [5.41, 5.74) is 1.52. The summed E-state index contributed by atoms with van der Waals surface area (Å²) in [7, 11) is 0. The van der Waals surface area contributed by atoms with E-state index in [9.17, 15) is 4.79 Å². The smallest absolute Gasteiger partial charge is 0.120 e. The van der Waals surface area contributed by atoms with E-state index in [2.05, 4.69) is 24.3 Å². The summed E-state index contributed by atoms with van der Waals surface area (Å²) in [5.74, 6) is 0. The maximum Gasteiger partial charge on any atom is 0.120 e. The highest BCUT2D eigenvalue weighted by molar-refractivity contribution is 5.54. The molecule has 0 saturated heterocycles. The first kappa shape index (κ1) is 9.45. The van der Waals surface area contributed by atoms with Crippen molar-refractivity contribution in [1.82, 2.24) is 0 Å². The Hall–Kier alpha value is -1.11. The quantitative estimate of drug-likeness (QED) is 0.666. The molecular formula is C13H16O. The molecule has 0 aromatic heterocycles. The molecule has 1 aliphatic rings. The molecular weight excluding hydrogens is 172 g/mol. The molecule has 1 fully saturated rings. The zero-order valence-electron chi connectivity index (χ0n) is 8.41. The molecule has 0 radical (unpaired) electrons. The van der Waals surface area contributed by atoms with Crippen LogP contribution in [0.1, 0.15) is 37.7 Å². The minimum atomic E-state index is 0.170. The molecule has 0 unspecified atom stereocenters. The van der Waals surface area contributed by atoms with Crippen LogP contribution >= 0.6 is 0 Å². The van der Waals surface area contributed by atoms with E-state index in [1.807, 2.05) is 6.07 Å². The zero-order valence-corrected chi connectivity index (χ0v) is 8.41. The number of rotatable bonds is 3. The average molecular weight is 188 g/mol. The molecule has 0 aliphatic heterocycles. The summed E-state index contributed by atoms with van der Waals surface area (Å²) in [6.45, 7) is 0. The zero-order chi connectivity index (χ0) is 9.86. The van der Waals surface area contributed by atoms with Gasteiger partial charge in [0.15, 0.2) is 0 Å². The van der Waals surface area contributed by atoms with Gasteiger partial charge in [-0.15, -0.1) is 0 Å². The van der Waals surface area contributed by atoms with Crippen LogP contribution in [0.4, 0.5) is 0 Å². The summed E-state index contributed by atoms with van der Waals surface area (Å²) in [4.78, 5) is 10.7. The molecule has 0 atom stereocenters. The Labute approximate surface area is 85.1 Å². The van der Waals surface area contributed by atoms with E-state index in [1.54, 1.807) is 0 Å². The Morgan fingerprint density at radius 1 is 1.14 bits per heavy atom. The van der Waals surface area contributed by atoms with Crippen molar-refractivity contribution in [2.24, 2.45) is 0 Å². The van der Waals surface area contributed by atoms with E-state index < -0.39 is 0 Å². The van der Waals surface area contributed by atoms with Gasteiger partial charge < -0.3 is 4.79 Å². The Bertz CT molecular complexity index is 296. The summed E-state index contributed by atoms with van der Waals surface area (Å²) in [6.07, 6.45) is 6.66. The molecule has 1 nitrogen and oxygen atoms in total. The van der Waals surface area contributed by atoms with Crippen LogP contribution in [0.3, 0.4) is 0 Å². The SMILES string of the molecule is O=CCC1(c2ccccc2)CCCC1. The van der Waals surface area contributed by atoms with Crippen molar-refractivity contribution >= 4 is 6.29 Å². The van der Waals surface area contributed by atoms with E-state index in [0.29, 0.717) is 6.42 Å². The molecule has 1 saturated carbocycles. The van der Waals surface area contributed by atoms with Crippen molar-refractivity contribution in [3.05, 3.63) is 35.9 Å². The molecule has 0 heterocycles. The van der Waals surface area contributed by atoms with E-state index >= 15 is 0 Å². The lowest BCUT2D eigenvalue weighted by molar-refractivity contribution is -0.108. The topological polar surface area (TPSA) is 17.1 Å². The standard InChI is InChI=1S/C13H16O/c14-11-10-13(8-4-5-9-13)12-6-2-1-3-7-12/h1-3,6-7,11H,4-5,8-10H2. The largest absolute Gasteiger partial charge is 0.303 e. The predicted octanol–water partition coefficient (Wildman–Crippen LogP) is 3.09. The van der Waals surface area contributed by atoms with Gasteiger partial charge in [0.1, 0.15) is 6.29 Å². The van der Waals surface area contributed by atoms with Gasteiger partial charge in [0.05, 0.1) is 0 Å². The highest BCUT2D eigenvalue weighted by atomic mass is 16.1. The molecule has 14 heavy (non-hydrogen) atoms. The Morgan fingerprint density at radius 2 is 1.79 bits per heavy atom. The average Bonchev–Trinajstić information content (AvgIpc) is 2.70. The van der Waals surface area contributed by atoms with Gasteiger partial charge in [-0.25, -0.2) is 0 Å². The minimum absolute atomic E-state index is 0.170. The van der Waals surface area contributed by atoms with Gasteiger partial charge in [-0.1, -0.05) is 43.2 Å². The third-order valence-electron chi connectivity index (χ3n) is 3.42. The number of carbonyl (C=O) groups excluding carboxylic acids is 1. The molecule has 74 valence electrons.